The zero-order chi connectivity index (χ0) is 25.8. The molecule has 1 amide bonds. The molecule has 5 rings (SSSR count). The average Bonchev–Trinajstić information content (AvgIpc) is 3.55. The van der Waals surface area contributed by atoms with Crippen LogP contribution in [-0.4, -0.2) is 70.3 Å². The molecule has 4 aromatic rings. The fourth-order valence-electron chi connectivity index (χ4n) is 4.94. The Morgan fingerprint density at radius 3 is 2.57 bits per heavy atom. The summed E-state index contributed by atoms with van der Waals surface area (Å²) in [5.74, 6) is 1.04. The van der Waals surface area contributed by atoms with Gasteiger partial charge in [-0.05, 0) is 42.1 Å². The average molecular weight is 500 g/mol. The lowest BCUT2D eigenvalue weighted by molar-refractivity contribution is 0.0658. The molecule has 1 aliphatic rings. The van der Waals surface area contributed by atoms with Gasteiger partial charge in [0.05, 0.1) is 6.54 Å². The minimum Gasteiger partial charge on any atom is -0.447 e. The highest BCUT2D eigenvalue weighted by atomic mass is 16.3. The molecule has 0 saturated carbocycles. The van der Waals surface area contributed by atoms with E-state index >= 15 is 0 Å². The maximum Gasteiger partial charge on any atom is 0.275 e. The molecule has 1 N–H and O–H groups in total. The highest BCUT2D eigenvalue weighted by Gasteiger charge is 2.23. The largest absolute Gasteiger partial charge is 0.447 e. The Bertz CT molecular complexity index is 1320. The summed E-state index contributed by atoms with van der Waals surface area (Å²) in [6.45, 7) is 9.81. The minimum absolute atomic E-state index is 0.0438. The van der Waals surface area contributed by atoms with Crippen molar-refractivity contribution in [1.82, 2.24) is 24.7 Å². The van der Waals surface area contributed by atoms with Gasteiger partial charge in [-0.3, -0.25) is 9.69 Å². The number of hydrogen-bond acceptors (Lipinski definition) is 5. The van der Waals surface area contributed by atoms with Gasteiger partial charge in [-0.1, -0.05) is 56.3 Å². The molecule has 7 nitrogen and oxygen atoms in total. The number of nitrogens with zero attached hydrogens (tertiary/aromatic N) is 4. The summed E-state index contributed by atoms with van der Waals surface area (Å²) < 4.78 is 5.81. The maximum atomic E-state index is 13.0. The summed E-state index contributed by atoms with van der Waals surface area (Å²) in [6, 6.07) is 17.3. The second-order valence-electron chi connectivity index (χ2n) is 10.4. The van der Waals surface area contributed by atoms with Gasteiger partial charge in [0.1, 0.15) is 6.26 Å². The molecule has 1 saturated heterocycles. The van der Waals surface area contributed by atoms with Crippen LogP contribution in [0.3, 0.4) is 0 Å². The monoisotopic (exact) mass is 499 g/mol. The van der Waals surface area contributed by atoms with E-state index in [4.69, 9.17) is 4.42 Å². The van der Waals surface area contributed by atoms with Crippen LogP contribution >= 0.6 is 0 Å². The summed E-state index contributed by atoms with van der Waals surface area (Å²) in [6.07, 6.45) is 4.53. The van der Waals surface area contributed by atoms with Gasteiger partial charge in [0.15, 0.2) is 5.69 Å². The molecule has 0 spiro atoms. The van der Waals surface area contributed by atoms with Gasteiger partial charge >= 0.3 is 0 Å². The van der Waals surface area contributed by atoms with E-state index in [0.29, 0.717) is 24.0 Å². The van der Waals surface area contributed by atoms with Gasteiger partial charge < -0.3 is 19.2 Å². The molecule has 2 aromatic carbocycles. The normalized spacial score (nSPS) is 14.8. The molecule has 2 aromatic heterocycles. The smallest absolute Gasteiger partial charge is 0.275 e. The number of aromatic amines is 1. The Balaban J connectivity index is 1.30. The van der Waals surface area contributed by atoms with E-state index in [-0.39, 0.29) is 5.91 Å². The second-order valence-corrected chi connectivity index (χ2v) is 10.4. The first kappa shape index (κ1) is 25.2. The van der Waals surface area contributed by atoms with Crippen molar-refractivity contribution in [2.75, 3.05) is 39.8 Å². The molecule has 3 heterocycles. The lowest BCUT2D eigenvalue weighted by Crippen LogP contribution is -2.47. The molecule has 7 heteroatoms. The molecule has 0 aliphatic carbocycles. The van der Waals surface area contributed by atoms with Crippen LogP contribution in [0.15, 0.2) is 65.4 Å². The number of oxazole rings is 1. The molecule has 37 heavy (non-hydrogen) atoms. The SMILES string of the molecule is CC(C)c1ccc(CN(CCc2c[nH]c3ccccc23)Cc2nc(C(=O)N3CCN(C)CC3)co2)cc1. The third kappa shape index (κ3) is 6.12. The number of likely N-dealkylation sites (N-methyl/N-ethyl adjacent to an activating group) is 1. The predicted molar refractivity (Wildman–Crippen MR) is 147 cm³/mol. The van der Waals surface area contributed by atoms with Gasteiger partial charge in [0.2, 0.25) is 5.89 Å². The molecule has 0 atom stereocenters. The highest BCUT2D eigenvalue weighted by Crippen LogP contribution is 2.21. The Labute approximate surface area is 219 Å². The number of hydrogen-bond donors (Lipinski definition) is 1. The van der Waals surface area contributed by atoms with Crippen LogP contribution in [0.2, 0.25) is 0 Å². The second kappa shape index (κ2) is 11.3. The number of aromatic nitrogens is 2. The first-order valence-corrected chi connectivity index (χ1v) is 13.2. The number of nitrogens with one attached hydrogen (secondary N) is 1. The van der Waals surface area contributed by atoms with E-state index in [1.54, 1.807) is 0 Å². The summed E-state index contributed by atoms with van der Waals surface area (Å²) in [5, 5.41) is 1.26. The van der Waals surface area contributed by atoms with Crippen LogP contribution in [0.4, 0.5) is 0 Å². The number of para-hydroxylation sites is 1. The van der Waals surface area contributed by atoms with Crippen molar-refractivity contribution in [1.29, 1.82) is 0 Å². The van der Waals surface area contributed by atoms with Gasteiger partial charge in [0, 0.05) is 56.4 Å². The van der Waals surface area contributed by atoms with Crippen molar-refractivity contribution < 1.29 is 9.21 Å². The fraction of sp³-hybridized carbons (Fsp3) is 0.400. The molecule has 0 radical (unpaired) electrons. The van der Waals surface area contributed by atoms with E-state index in [1.165, 1.54) is 28.3 Å². The summed E-state index contributed by atoms with van der Waals surface area (Å²) >= 11 is 0. The van der Waals surface area contributed by atoms with Crippen LogP contribution < -0.4 is 0 Å². The quantitative estimate of drug-likeness (QED) is 0.354. The summed E-state index contributed by atoms with van der Waals surface area (Å²) in [7, 11) is 2.08. The van der Waals surface area contributed by atoms with Gasteiger partial charge in [-0.25, -0.2) is 4.98 Å². The van der Waals surface area contributed by atoms with Crippen molar-refractivity contribution in [2.45, 2.75) is 39.3 Å². The first-order valence-electron chi connectivity index (χ1n) is 13.2. The van der Waals surface area contributed by atoms with E-state index in [2.05, 4.69) is 95.4 Å². The highest BCUT2D eigenvalue weighted by molar-refractivity contribution is 5.92. The van der Waals surface area contributed by atoms with E-state index in [0.717, 1.165) is 51.2 Å². The first-order chi connectivity index (χ1) is 18.0. The molecule has 0 unspecified atom stereocenters. The predicted octanol–water partition coefficient (Wildman–Crippen LogP) is 4.91. The number of amides is 1. The van der Waals surface area contributed by atoms with Gasteiger partial charge in [-0.15, -0.1) is 0 Å². The van der Waals surface area contributed by atoms with Crippen molar-refractivity contribution in [2.24, 2.45) is 0 Å². The number of carbonyl (C=O) groups is 1. The number of fused-ring (bicyclic) bond motifs is 1. The number of benzene rings is 2. The minimum atomic E-state index is -0.0438. The number of H-pyrrole nitrogens is 1. The summed E-state index contributed by atoms with van der Waals surface area (Å²) in [4.78, 5) is 27.4. The summed E-state index contributed by atoms with van der Waals surface area (Å²) in [5.41, 5.74) is 5.46. The van der Waals surface area contributed by atoms with Gasteiger partial charge in [-0.2, -0.15) is 0 Å². The van der Waals surface area contributed by atoms with Crippen molar-refractivity contribution >= 4 is 16.8 Å². The Kier molecular flexibility index (Phi) is 7.72. The maximum absolute atomic E-state index is 13.0. The van der Waals surface area contributed by atoms with E-state index < -0.39 is 0 Å². The van der Waals surface area contributed by atoms with Crippen LogP contribution in [0.1, 0.15) is 52.8 Å². The Hall–Kier alpha value is -3.42. The molecule has 1 fully saturated rings. The standard InChI is InChI=1S/C30H37N5O2/c1-22(2)24-10-8-23(9-11-24)19-34(13-12-25-18-31-27-7-5-4-6-26(25)27)20-29-32-28(21-37-29)30(36)35-16-14-33(3)15-17-35/h4-11,18,21-22,31H,12-17,19-20H2,1-3H3. The third-order valence-electron chi connectivity index (χ3n) is 7.35. The van der Waals surface area contributed by atoms with Crippen LogP contribution in [0, 0.1) is 0 Å². The fourth-order valence-corrected chi connectivity index (χ4v) is 4.94. The Morgan fingerprint density at radius 2 is 1.81 bits per heavy atom. The number of carbonyl (C=O) groups excluding carboxylic acids is 1. The lowest BCUT2D eigenvalue weighted by Gasteiger charge is -2.31. The number of piperazine rings is 1. The van der Waals surface area contributed by atoms with Crippen molar-refractivity contribution in [3.05, 3.63) is 89.3 Å². The molecular weight excluding hydrogens is 462 g/mol. The van der Waals surface area contributed by atoms with Crippen LogP contribution in [0.25, 0.3) is 10.9 Å². The zero-order valence-electron chi connectivity index (χ0n) is 22.1. The molecule has 0 bridgehead atoms. The Morgan fingerprint density at radius 1 is 1.05 bits per heavy atom. The number of rotatable bonds is 9. The van der Waals surface area contributed by atoms with Crippen LogP contribution in [0.5, 0.6) is 0 Å². The van der Waals surface area contributed by atoms with Crippen molar-refractivity contribution in [3.63, 3.8) is 0 Å². The van der Waals surface area contributed by atoms with Crippen LogP contribution in [-0.2, 0) is 19.5 Å². The zero-order valence-corrected chi connectivity index (χ0v) is 22.1. The lowest BCUT2D eigenvalue weighted by atomic mass is 10.0. The third-order valence-corrected chi connectivity index (χ3v) is 7.35. The van der Waals surface area contributed by atoms with Gasteiger partial charge in [0.25, 0.3) is 5.91 Å². The van der Waals surface area contributed by atoms with E-state index in [9.17, 15) is 4.79 Å². The van der Waals surface area contributed by atoms with E-state index in [1.807, 2.05) is 4.90 Å². The van der Waals surface area contributed by atoms with Crippen molar-refractivity contribution in [3.8, 4) is 0 Å². The molecule has 194 valence electrons. The topological polar surface area (TPSA) is 68.6 Å². The molecule has 1 aliphatic heterocycles. The molecular formula is C30H37N5O2.